The maximum Gasteiger partial charge on any atom is 0.326 e. The fourth-order valence-corrected chi connectivity index (χ4v) is 2.30. The third kappa shape index (κ3) is 3.18. The number of hydrogen-bond donors (Lipinski definition) is 3. The number of hydrogen-bond acceptors (Lipinski definition) is 2. The predicted molar refractivity (Wildman–Crippen MR) is 56.4 cm³/mol. The molecule has 4 N–H and O–H groups in total. The van der Waals surface area contributed by atoms with Crippen molar-refractivity contribution in [3.63, 3.8) is 0 Å². The minimum Gasteiger partial charge on any atom is -0.351 e. The summed E-state index contributed by atoms with van der Waals surface area (Å²) in [5.74, 6) is 1.30. The van der Waals surface area contributed by atoms with Gasteiger partial charge in [0.2, 0.25) is 0 Å². The van der Waals surface area contributed by atoms with Gasteiger partial charge in [-0.1, -0.05) is 26.7 Å². The van der Waals surface area contributed by atoms with Gasteiger partial charge in [0.1, 0.15) is 0 Å². The standard InChI is InChI=1S/C10H21N3O/c1-7(2)8-5-3-4-6-9(8)12-13-10(11)14/h7-9,12H,3-6H2,1-2H3,(H3,11,13,14). The Kier molecular flexibility index (Phi) is 4.20. The zero-order valence-corrected chi connectivity index (χ0v) is 9.05. The van der Waals surface area contributed by atoms with E-state index in [-0.39, 0.29) is 0 Å². The minimum atomic E-state index is -0.502. The fraction of sp³-hybridized carbons (Fsp3) is 0.900. The molecule has 1 fully saturated rings. The van der Waals surface area contributed by atoms with Crippen LogP contribution in [0.2, 0.25) is 0 Å². The lowest BCUT2D eigenvalue weighted by Crippen LogP contribution is -2.51. The Bertz CT molecular complexity index is 194. The number of urea groups is 1. The Balaban J connectivity index is 2.41. The molecule has 0 aromatic carbocycles. The smallest absolute Gasteiger partial charge is 0.326 e. The average molecular weight is 199 g/mol. The number of carbonyl (C=O) groups excluding carboxylic acids is 1. The van der Waals surface area contributed by atoms with Crippen LogP contribution in [0, 0.1) is 11.8 Å². The second-order valence-electron chi connectivity index (χ2n) is 4.43. The topological polar surface area (TPSA) is 67.2 Å². The molecule has 1 aliphatic carbocycles. The zero-order chi connectivity index (χ0) is 10.6. The number of hydrazine groups is 1. The highest BCUT2D eigenvalue weighted by atomic mass is 16.2. The fourth-order valence-electron chi connectivity index (χ4n) is 2.30. The number of amides is 2. The number of nitrogens with two attached hydrogens (primary N) is 1. The molecular formula is C10H21N3O. The van der Waals surface area contributed by atoms with Crippen LogP contribution in [0.25, 0.3) is 0 Å². The van der Waals surface area contributed by atoms with E-state index in [1.165, 1.54) is 19.3 Å². The third-order valence-electron chi connectivity index (χ3n) is 3.06. The summed E-state index contributed by atoms with van der Waals surface area (Å²) >= 11 is 0. The van der Waals surface area contributed by atoms with Crippen molar-refractivity contribution < 1.29 is 4.79 Å². The molecule has 2 unspecified atom stereocenters. The van der Waals surface area contributed by atoms with Gasteiger partial charge in [0.25, 0.3) is 0 Å². The molecule has 0 heterocycles. The van der Waals surface area contributed by atoms with E-state index < -0.39 is 6.03 Å². The molecule has 0 aliphatic heterocycles. The van der Waals surface area contributed by atoms with E-state index in [4.69, 9.17) is 5.73 Å². The predicted octanol–water partition coefficient (Wildman–Crippen LogP) is 1.37. The number of primary amides is 1. The summed E-state index contributed by atoms with van der Waals surface area (Å²) in [6, 6.07) is -0.116. The first-order valence-corrected chi connectivity index (χ1v) is 5.42. The second-order valence-corrected chi connectivity index (χ2v) is 4.43. The van der Waals surface area contributed by atoms with E-state index in [2.05, 4.69) is 24.7 Å². The Morgan fingerprint density at radius 2 is 2.00 bits per heavy atom. The van der Waals surface area contributed by atoms with E-state index in [0.29, 0.717) is 17.9 Å². The van der Waals surface area contributed by atoms with Gasteiger partial charge in [-0.25, -0.2) is 10.2 Å². The Morgan fingerprint density at radius 3 is 2.57 bits per heavy atom. The van der Waals surface area contributed by atoms with E-state index >= 15 is 0 Å². The maximum absolute atomic E-state index is 10.6. The monoisotopic (exact) mass is 199 g/mol. The lowest BCUT2D eigenvalue weighted by molar-refractivity contribution is 0.187. The maximum atomic E-state index is 10.6. The summed E-state index contributed by atoms with van der Waals surface area (Å²) in [6.07, 6.45) is 4.91. The molecule has 0 spiro atoms. The minimum absolute atomic E-state index is 0.385. The summed E-state index contributed by atoms with van der Waals surface area (Å²) in [5, 5.41) is 0. The van der Waals surface area contributed by atoms with Gasteiger partial charge in [0.05, 0.1) is 0 Å². The first-order valence-electron chi connectivity index (χ1n) is 5.42. The molecule has 4 nitrogen and oxygen atoms in total. The van der Waals surface area contributed by atoms with Crippen molar-refractivity contribution in [2.24, 2.45) is 17.6 Å². The van der Waals surface area contributed by atoms with Crippen LogP contribution in [0.3, 0.4) is 0 Å². The van der Waals surface area contributed by atoms with E-state index in [1.807, 2.05) is 0 Å². The zero-order valence-electron chi connectivity index (χ0n) is 9.05. The summed E-state index contributed by atoms with van der Waals surface area (Å²) in [4.78, 5) is 10.6. The normalized spacial score (nSPS) is 27.6. The largest absolute Gasteiger partial charge is 0.351 e. The van der Waals surface area contributed by atoms with Crippen LogP contribution in [0.15, 0.2) is 0 Å². The van der Waals surface area contributed by atoms with Crippen LogP contribution in [0.4, 0.5) is 4.79 Å². The van der Waals surface area contributed by atoms with Crippen LogP contribution in [-0.4, -0.2) is 12.1 Å². The van der Waals surface area contributed by atoms with Gasteiger partial charge < -0.3 is 5.73 Å². The lowest BCUT2D eigenvalue weighted by Gasteiger charge is -2.34. The third-order valence-corrected chi connectivity index (χ3v) is 3.06. The van der Waals surface area contributed by atoms with Gasteiger partial charge in [-0.15, -0.1) is 0 Å². The Hall–Kier alpha value is -0.770. The highest BCUT2D eigenvalue weighted by molar-refractivity contribution is 5.70. The van der Waals surface area contributed by atoms with Gasteiger partial charge in [0.15, 0.2) is 0 Å². The SMILES string of the molecule is CC(C)C1CCCCC1NNC(N)=O. The van der Waals surface area contributed by atoms with Crippen molar-refractivity contribution in [3.8, 4) is 0 Å². The molecule has 0 aromatic rings. The molecule has 1 aliphatic rings. The van der Waals surface area contributed by atoms with Crippen LogP contribution in [0.1, 0.15) is 39.5 Å². The number of rotatable bonds is 3. The van der Waals surface area contributed by atoms with Crippen molar-refractivity contribution in [1.29, 1.82) is 0 Å². The molecule has 82 valence electrons. The molecule has 2 amide bonds. The Labute approximate surface area is 85.6 Å². The van der Waals surface area contributed by atoms with Gasteiger partial charge in [0, 0.05) is 6.04 Å². The van der Waals surface area contributed by atoms with Gasteiger partial charge in [-0.05, 0) is 24.7 Å². The first-order chi connectivity index (χ1) is 6.61. The molecule has 14 heavy (non-hydrogen) atoms. The summed E-state index contributed by atoms with van der Waals surface area (Å²) in [7, 11) is 0. The molecule has 0 radical (unpaired) electrons. The molecule has 0 saturated heterocycles. The summed E-state index contributed by atoms with van der Waals surface area (Å²) in [5.41, 5.74) is 10.5. The highest BCUT2D eigenvalue weighted by Gasteiger charge is 2.27. The van der Waals surface area contributed by atoms with Crippen LogP contribution < -0.4 is 16.6 Å². The molecular weight excluding hydrogens is 178 g/mol. The lowest BCUT2D eigenvalue weighted by atomic mass is 9.78. The Morgan fingerprint density at radius 1 is 1.36 bits per heavy atom. The summed E-state index contributed by atoms with van der Waals surface area (Å²) in [6.45, 7) is 4.46. The average Bonchev–Trinajstić information content (AvgIpc) is 2.15. The van der Waals surface area contributed by atoms with Gasteiger partial charge in [-0.2, -0.15) is 0 Å². The van der Waals surface area contributed by atoms with Crippen LogP contribution in [-0.2, 0) is 0 Å². The van der Waals surface area contributed by atoms with Crippen molar-refractivity contribution in [3.05, 3.63) is 0 Å². The van der Waals surface area contributed by atoms with Crippen molar-refractivity contribution in [2.75, 3.05) is 0 Å². The molecule has 0 bridgehead atoms. The first kappa shape index (κ1) is 11.3. The van der Waals surface area contributed by atoms with Crippen molar-refractivity contribution in [1.82, 2.24) is 10.9 Å². The van der Waals surface area contributed by atoms with Gasteiger partial charge in [-0.3, -0.25) is 5.43 Å². The molecule has 4 heteroatoms. The molecule has 1 rings (SSSR count). The van der Waals surface area contributed by atoms with E-state index in [9.17, 15) is 4.79 Å². The van der Waals surface area contributed by atoms with Crippen LogP contribution in [0.5, 0.6) is 0 Å². The second kappa shape index (κ2) is 5.20. The van der Waals surface area contributed by atoms with E-state index in [0.717, 1.165) is 6.42 Å². The molecule has 2 atom stereocenters. The number of carbonyl (C=O) groups is 1. The van der Waals surface area contributed by atoms with Crippen molar-refractivity contribution in [2.45, 2.75) is 45.6 Å². The molecule has 0 aromatic heterocycles. The van der Waals surface area contributed by atoms with E-state index in [1.54, 1.807) is 0 Å². The molecule has 1 saturated carbocycles. The van der Waals surface area contributed by atoms with Crippen molar-refractivity contribution >= 4 is 6.03 Å². The van der Waals surface area contributed by atoms with Gasteiger partial charge >= 0.3 is 6.03 Å². The highest BCUT2D eigenvalue weighted by Crippen LogP contribution is 2.29. The van der Waals surface area contributed by atoms with Crippen LogP contribution >= 0.6 is 0 Å². The number of nitrogens with one attached hydrogen (secondary N) is 2. The quantitative estimate of drug-likeness (QED) is 0.601. The summed E-state index contributed by atoms with van der Waals surface area (Å²) < 4.78 is 0.